The van der Waals surface area contributed by atoms with E-state index in [1.165, 1.54) is 17.4 Å². The van der Waals surface area contributed by atoms with E-state index < -0.39 is 15.9 Å². The van der Waals surface area contributed by atoms with Crippen LogP contribution in [0.3, 0.4) is 0 Å². The van der Waals surface area contributed by atoms with Crippen molar-refractivity contribution in [1.29, 1.82) is 0 Å². The Balaban J connectivity index is 1.79. The number of halogens is 1. The largest absolute Gasteiger partial charge is 0.344 e. The summed E-state index contributed by atoms with van der Waals surface area (Å²) >= 11 is 7.14. The van der Waals surface area contributed by atoms with E-state index in [-0.39, 0.29) is 11.7 Å². The van der Waals surface area contributed by atoms with Gasteiger partial charge < -0.3 is 5.32 Å². The quantitative estimate of drug-likeness (QED) is 0.903. The molecule has 8 heteroatoms. The lowest BCUT2D eigenvalue weighted by molar-refractivity contribution is 0.0951. The van der Waals surface area contributed by atoms with Crippen LogP contribution < -0.4 is 5.32 Å². The molecule has 3 rings (SSSR count). The lowest BCUT2D eigenvalue weighted by atomic mass is 10.2. The standard InChI is InChI=1S/C15H13ClN2O3S2/c1-9-13(14(19)18-12-6-7-23(20,21)8-12)22-15(17-9)10-2-4-11(16)5-3-10/h2-7,12H,8H2,1H3,(H,18,19)/t12-/m0/s1. The summed E-state index contributed by atoms with van der Waals surface area (Å²) in [5.74, 6) is -0.410. The van der Waals surface area contributed by atoms with Gasteiger partial charge in [0.05, 0.1) is 17.5 Å². The number of thiazole rings is 1. The fourth-order valence-electron chi connectivity index (χ4n) is 2.22. The number of rotatable bonds is 3. The summed E-state index contributed by atoms with van der Waals surface area (Å²) in [5, 5.41) is 5.20. The van der Waals surface area contributed by atoms with Crippen LogP contribution in [0.1, 0.15) is 15.4 Å². The summed E-state index contributed by atoms with van der Waals surface area (Å²) < 4.78 is 22.8. The number of sulfone groups is 1. The number of hydrogen-bond acceptors (Lipinski definition) is 5. The second kappa shape index (κ2) is 6.07. The minimum Gasteiger partial charge on any atom is -0.344 e. The minimum absolute atomic E-state index is 0.0966. The predicted octanol–water partition coefficient (Wildman–Crippen LogP) is 2.81. The first kappa shape index (κ1) is 16.2. The van der Waals surface area contributed by atoms with Gasteiger partial charge in [-0.05, 0) is 25.1 Å². The van der Waals surface area contributed by atoms with Gasteiger partial charge in [0.25, 0.3) is 5.91 Å². The normalized spacial score (nSPS) is 19.0. The zero-order chi connectivity index (χ0) is 16.6. The van der Waals surface area contributed by atoms with Crippen molar-refractivity contribution in [2.45, 2.75) is 13.0 Å². The smallest absolute Gasteiger partial charge is 0.263 e. The maximum absolute atomic E-state index is 12.3. The highest BCUT2D eigenvalue weighted by Gasteiger charge is 2.25. The van der Waals surface area contributed by atoms with Crippen LogP contribution in [0, 0.1) is 6.92 Å². The SMILES string of the molecule is Cc1nc(-c2ccc(Cl)cc2)sc1C(=O)N[C@H]1C=CS(=O)(=O)C1. The first-order valence-corrected chi connectivity index (χ1v) is 9.70. The highest BCUT2D eigenvalue weighted by molar-refractivity contribution is 7.94. The molecule has 0 saturated carbocycles. The molecular weight excluding hydrogens is 356 g/mol. The minimum atomic E-state index is -3.20. The highest BCUT2D eigenvalue weighted by atomic mass is 35.5. The van der Waals surface area contributed by atoms with Gasteiger partial charge in [-0.2, -0.15) is 0 Å². The third kappa shape index (κ3) is 3.63. The molecule has 1 N–H and O–H groups in total. The molecule has 0 radical (unpaired) electrons. The van der Waals surface area contributed by atoms with Crippen molar-refractivity contribution in [3.8, 4) is 10.6 Å². The number of nitrogens with one attached hydrogen (secondary N) is 1. The number of aryl methyl sites for hydroxylation is 1. The second-order valence-corrected chi connectivity index (χ2v) is 8.55. The molecule has 23 heavy (non-hydrogen) atoms. The highest BCUT2D eigenvalue weighted by Crippen LogP contribution is 2.29. The van der Waals surface area contributed by atoms with Gasteiger partial charge in [0.2, 0.25) is 0 Å². The van der Waals surface area contributed by atoms with Crippen LogP contribution in [0.5, 0.6) is 0 Å². The Hall–Kier alpha value is -1.70. The molecule has 0 fully saturated rings. The van der Waals surface area contributed by atoms with Gasteiger partial charge in [0.15, 0.2) is 9.84 Å². The third-order valence-electron chi connectivity index (χ3n) is 3.34. The van der Waals surface area contributed by atoms with E-state index in [9.17, 15) is 13.2 Å². The van der Waals surface area contributed by atoms with E-state index in [0.717, 1.165) is 16.0 Å². The van der Waals surface area contributed by atoms with Crippen molar-refractivity contribution in [2.75, 3.05) is 5.75 Å². The molecule has 2 aromatic rings. The fourth-order valence-corrected chi connectivity index (χ4v) is 4.56. The van der Waals surface area contributed by atoms with Crippen molar-refractivity contribution >= 4 is 38.7 Å². The van der Waals surface area contributed by atoms with E-state index in [1.807, 2.05) is 12.1 Å². The maximum atomic E-state index is 12.3. The van der Waals surface area contributed by atoms with Gasteiger partial charge in [0.1, 0.15) is 9.88 Å². The van der Waals surface area contributed by atoms with Gasteiger partial charge in [-0.3, -0.25) is 4.79 Å². The van der Waals surface area contributed by atoms with Crippen LogP contribution in [0.2, 0.25) is 5.02 Å². The van der Waals surface area contributed by atoms with E-state index in [2.05, 4.69) is 10.3 Å². The molecule has 5 nitrogen and oxygen atoms in total. The van der Waals surface area contributed by atoms with Crippen LogP contribution >= 0.6 is 22.9 Å². The van der Waals surface area contributed by atoms with Crippen molar-refractivity contribution in [2.24, 2.45) is 0 Å². The molecule has 1 aliphatic heterocycles. The summed E-state index contributed by atoms with van der Waals surface area (Å²) in [5.41, 5.74) is 1.49. The lowest BCUT2D eigenvalue weighted by Gasteiger charge is -2.08. The Labute approximate surface area is 142 Å². The summed E-state index contributed by atoms with van der Waals surface area (Å²) in [4.78, 5) is 17.2. The molecule has 1 amide bonds. The molecule has 1 aliphatic rings. The Morgan fingerprint density at radius 2 is 2.04 bits per heavy atom. The first-order chi connectivity index (χ1) is 10.8. The van der Waals surface area contributed by atoms with Gasteiger partial charge in [0, 0.05) is 16.0 Å². The van der Waals surface area contributed by atoms with E-state index >= 15 is 0 Å². The van der Waals surface area contributed by atoms with Gasteiger partial charge in [-0.1, -0.05) is 23.7 Å². The summed E-state index contributed by atoms with van der Waals surface area (Å²) in [6, 6.07) is 6.72. The maximum Gasteiger partial charge on any atom is 0.263 e. The zero-order valence-corrected chi connectivity index (χ0v) is 14.5. The molecule has 120 valence electrons. The number of benzene rings is 1. The first-order valence-electron chi connectivity index (χ1n) is 6.79. The summed E-state index contributed by atoms with van der Waals surface area (Å²) in [6.45, 7) is 1.76. The molecule has 1 atom stereocenters. The molecule has 0 spiro atoms. The Bertz CT molecular complexity index is 886. The number of amides is 1. The van der Waals surface area contributed by atoms with Crippen LogP contribution in [-0.4, -0.2) is 31.1 Å². The number of nitrogens with zero attached hydrogens (tertiary/aromatic N) is 1. The summed E-state index contributed by atoms with van der Waals surface area (Å²) in [6.07, 6.45) is 1.49. The molecule has 0 unspecified atom stereocenters. The fraction of sp³-hybridized carbons (Fsp3) is 0.200. The van der Waals surface area contributed by atoms with E-state index in [0.29, 0.717) is 15.6 Å². The van der Waals surface area contributed by atoms with Crippen molar-refractivity contribution in [1.82, 2.24) is 10.3 Å². The summed E-state index contributed by atoms with van der Waals surface area (Å²) in [7, 11) is -3.20. The average Bonchev–Trinajstić information content (AvgIpc) is 3.02. The van der Waals surface area contributed by atoms with E-state index in [4.69, 9.17) is 11.6 Å². The Morgan fingerprint density at radius 3 is 2.65 bits per heavy atom. The van der Waals surface area contributed by atoms with Gasteiger partial charge in [-0.15, -0.1) is 11.3 Å². The van der Waals surface area contributed by atoms with Crippen molar-refractivity contribution < 1.29 is 13.2 Å². The van der Waals surface area contributed by atoms with Gasteiger partial charge >= 0.3 is 0 Å². The van der Waals surface area contributed by atoms with Crippen molar-refractivity contribution in [3.63, 3.8) is 0 Å². The van der Waals surface area contributed by atoms with E-state index in [1.54, 1.807) is 19.1 Å². The molecule has 0 saturated heterocycles. The number of hydrogen-bond donors (Lipinski definition) is 1. The molecule has 0 bridgehead atoms. The van der Waals surface area contributed by atoms with Gasteiger partial charge in [-0.25, -0.2) is 13.4 Å². The number of carbonyl (C=O) groups is 1. The van der Waals surface area contributed by atoms with Crippen LogP contribution in [0.25, 0.3) is 10.6 Å². The third-order valence-corrected chi connectivity index (χ3v) is 6.19. The number of aromatic nitrogens is 1. The molecule has 1 aromatic heterocycles. The lowest BCUT2D eigenvalue weighted by Crippen LogP contribution is -2.35. The predicted molar refractivity (Wildman–Crippen MR) is 91.5 cm³/mol. The second-order valence-electron chi connectivity index (χ2n) is 5.18. The average molecular weight is 369 g/mol. The Morgan fingerprint density at radius 1 is 1.35 bits per heavy atom. The monoisotopic (exact) mass is 368 g/mol. The van der Waals surface area contributed by atoms with Crippen LogP contribution in [0.15, 0.2) is 35.7 Å². The van der Waals surface area contributed by atoms with Crippen molar-refractivity contribution in [3.05, 3.63) is 51.3 Å². The Kier molecular flexibility index (Phi) is 4.27. The molecule has 2 heterocycles. The van der Waals surface area contributed by atoms with Crippen LogP contribution in [-0.2, 0) is 9.84 Å². The zero-order valence-electron chi connectivity index (χ0n) is 12.1. The number of carbonyl (C=O) groups excluding carboxylic acids is 1. The topological polar surface area (TPSA) is 76.1 Å². The van der Waals surface area contributed by atoms with Crippen LogP contribution in [0.4, 0.5) is 0 Å². The molecule has 0 aliphatic carbocycles. The molecular formula is C15H13ClN2O3S2. The molecule has 1 aromatic carbocycles.